The normalized spacial score (nSPS) is 12.0. The van der Waals surface area contributed by atoms with Crippen molar-refractivity contribution >= 4 is 50.9 Å². The van der Waals surface area contributed by atoms with Crippen molar-refractivity contribution in [2.45, 2.75) is 17.1 Å². The number of anilines is 2. The number of thioether (sulfide) groups is 1. The molecule has 4 N–H and O–H groups in total. The Balaban J connectivity index is 1.75. The van der Waals surface area contributed by atoms with E-state index >= 15 is 0 Å². The fraction of sp³-hybridized carbons (Fsp3) is 0.211. The van der Waals surface area contributed by atoms with Crippen LogP contribution >= 0.6 is 11.8 Å². The molecule has 2 rings (SSSR count). The highest BCUT2D eigenvalue weighted by molar-refractivity contribution is 8.01. The van der Waals surface area contributed by atoms with Gasteiger partial charge in [0, 0.05) is 11.4 Å². The highest BCUT2D eigenvalue weighted by Gasteiger charge is 2.18. The number of hydrogen-bond acceptors (Lipinski definition) is 7. The molecule has 0 saturated heterocycles. The van der Waals surface area contributed by atoms with E-state index < -0.39 is 39.6 Å². The second-order valence-corrected chi connectivity index (χ2v) is 9.13. The summed E-state index contributed by atoms with van der Waals surface area (Å²) in [6.45, 7) is 0.927. The summed E-state index contributed by atoms with van der Waals surface area (Å²) in [4.78, 5) is 35.7. The molecule has 0 heterocycles. The maximum Gasteiger partial charge on any atom is 0.319 e. The quantitative estimate of drug-likeness (QED) is 0.474. The number of nitrogens with one attached hydrogen (secondary N) is 2. The van der Waals surface area contributed by atoms with Crippen molar-refractivity contribution in [2.24, 2.45) is 5.14 Å². The molecule has 166 valence electrons. The van der Waals surface area contributed by atoms with Gasteiger partial charge in [-0.05, 0) is 49.4 Å². The van der Waals surface area contributed by atoms with E-state index in [2.05, 4.69) is 10.6 Å². The van der Waals surface area contributed by atoms with Gasteiger partial charge in [0.15, 0.2) is 6.61 Å². The van der Waals surface area contributed by atoms with Gasteiger partial charge in [0.05, 0.1) is 10.6 Å². The van der Waals surface area contributed by atoms with E-state index in [0.29, 0.717) is 5.69 Å². The predicted octanol–water partition coefficient (Wildman–Crippen LogP) is 1.72. The number of esters is 1. The van der Waals surface area contributed by atoms with Crippen molar-refractivity contribution in [1.82, 2.24) is 0 Å². The summed E-state index contributed by atoms with van der Waals surface area (Å²) in [5.74, 6) is -2.24. The first-order chi connectivity index (χ1) is 14.5. The number of carbonyl (C=O) groups excluding carboxylic acids is 3. The smallest absolute Gasteiger partial charge is 0.319 e. The van der Waals surface area contributed by atoms with E-state index in [1.54, 1.807) is 0 Å². The third kappa shape index (κ3) is 8.36. The Morgan fingerprint density at radius 1 is 1.06 bits per heavy atom. The number of rotatable bonds is 9. The lowest BCUT2D eigenvalue weighted by atomic mass is 10.3. The number of sulfonamides is 1. The summed E-state index contributed by atoms with van der Waals surface area (Å²) in [5.41, 5.74) is 0.595. The van der Waals surface area contributed by atoms with Crippen molar-refractivity contribution in [3.05, 3.63) is 54.3 Å². The third-order valence-corrected chi connectivity index (χ3v) is 5.75. The summed E-state index contributed by atoms with van der Waals surface area (Å²) in [6.07, 6.45) is 0. The van der Waals surface area contributed by atoms with Gasteiger partial charge in [-0.1, -0.05) is 6.07 Å². The minimum absolute atomic E-state index is 0.0554. The molecule has 12 heteroatoms. The SMILES string of the molecule is CC(SCC(=O)Nc1ccc(F)cc1)C(=O)OCC(=O)Nc1cccc(S(N)(=O)=O)c1. The lowest BCUT2D eigenvalue weighted by Crippen LogP contribution is -2.26. The minimum Gasteiger partial charge on any atom is -0.455 e. The highest BCUT2D eigenvalue weighted by atomic mass is 32.2. The molecule has 2 aromatic carbocycles. The van der Waals surface area contributed by atoms with Crippen LogP contribution in [0.15, 0.2) is 53.4 Å². The van der Waals surface area contributed by atoms with Gasteiger partial charge >= 0.3 is 5.97 Å². The average molecular weight is 470 g/mol. The first kappa shape index (κ1) is 24.3. The monoisotopic (exact) mass is 469 g/mol. The Kier molecular flexibility index (Phi) is 8.54. The number of hydrogen-bond donors (Lipinski definition) is 3. The van der Waals surface area contributed by atoms with E-state index in [0.717, 1.165) is 11.8 Å². The van der Waals surface area contributed by atoms with Crippen molar-refractivity contribution < 1.29 is 31.9 Å². The van der Waals surface area contributed by atoms with Gasteiger partial charge in [0.25, 0.3) is 5.91 Å². The van der Waals surface area contributed by atoms with Crippen LogP contribution in [0.25, 0.3) is 0 Å². The summed E-state index contributed by atoms with van der Waals surface area (Å²) in [6, 6.07) is 10.5. The molecular formula is C19H20FN3O6S2. The van der Waals surface area contributed by atoms with Gasteiger partial charge in [-0.15, -0.1) is 11.8 Å². The number of ether oxygens (including phenoxy) is 1. The summed E-state index contributed by atoms with van der Waals surface area (Å²) in [7, 11) is -3.92. The van der Waals surface area contributed by atoms with Crippen molar-refractivity contribution in [3.63, 3.8) is 0 Å². The van der Waals surface area contributed by atoms with Crippen LogP contribution in [0.4, 0.5) is 15.8 Å². The molecule has 31 heavy (non-hydrogen) atoms. The fourth-order valence-corrected chi connectivity index (χ4v) is 3.44. The van der Waals surface area contributed by atoms with Crippen LogP contribution in [0, 0.1) is 5.82 Å². The summed E-state index contributed by atoms with van der Waals surface area (Å²) < 4.78 is 40.4. The van der Waals surface area contributed by atoms with Crippen molar-refractivity contribution in [1.29, 1.82) is 0 Å². The maximum atomic E-state index is 12.9. The largest absolute Gasteiger partial charge is 0.455 e. The number of nitrogens with two attached hydrogens (primary N) is 1. The van der Waals surface area contributed by atoms with Gasteiger partial charge < -0.3 is 15.4 Å². The van der Waals surface area contributed by atoms with Gasteiger partial charge in [-0.25, -0.2) is 17.9 Å². The molecule has 0 saturated carbocycles. The molecule has 0 radical (unpaired) electrons. The van der Waals surface area contributed by atoms with Crippen LogP contribution in [0.3, 0.4) is 0 Å². The minimum atomic E-state index is -3.92. The number of primary sulfonamides is 1. The molecule has 0 fully saturated rings. The Labute approximate surface area is 182 Å². The van der Waals surface area contributed by atoms with Gasteiger partial charge in [-0.3, -0.25) is 14.4 Å². The predicted molar refractivity (Wildman–Crippen MR) is 114 cm³/mol. The Morgan fingerprint density at radius 2 is 1.71 bits per heavy atom. The van der Waals surface area contributed by atoms with Crippen molar-refractivity contribution in [3.8, 4) is 0 Å². The molecule has 1 atom stereocenters. The van der Waals surface area contributed by atoms with E-state index in [9.17, 15) is 27.2 Å². The first-order valence-corrected chi connectivity index (χ1v) is 11.4. The molecule has 0 bridgehead atoms. The standard InChI is InChI=1S/C19H20FN3O6S2/c1-12(30-11-18(25)22-14-7-5-13(20)6-8-14)19(26)29-10-17(24)23-15-3-2-4-16(9-15)31(21,27)28/h2-9,12H,10-11H2,1H3,(H,22,25)(H,23,24)(H2,21,27,28). The fourth-order valence-electron chi connectivity index (χ4n) is 2.20. The van der Waals surface area contributed by atoms with Gasteiger partial charge in [0.1, 0.15) is 11.1 Å². The van der Waals surface area contributed by atoms with Gasteiger partial charge in [-0.2, -0.15) is 0 Å². The Morgan fingerprint density at radius 3 is 2.35 bits per heavy atom. The number of carbonyl (C=O) groups is 3. The van der Waals surface area contributed by atoms with E-state index in [1.807, 2.05) is 0 Å². The van der Waals surface area contributed by atoms with Crippen LogP contribution in [0.1, 0.15) is 6.92 Å². The zero-order chi connectivity index (χ0) is 23.0. The summed E-state index contributed by atoms with van der Waals surface area (Å²) in [5, 5.41) is 9.26. The lowest BCUT2D eigenvalue weighted by Gasteiger charge is -2.12. The van der Waals surface area contributed by atoms with E-state index in [-0.39, 0.29) is 22.2 Å². The molecule has 2 aromatic rings. The summed E-state index contributed by atoms with van der Waals surface area (Å²) >= 11 is 1.00. The molecular weight excluding hydrogens is 449 g/mol. The van der Waals surface area contributed by atoms with Gasteiger partial charge in [0.2, 0.25) is 15.9 Å². The number of amides is 2. The molecule has 1 unspecified atom stereocenters. The zero-order valence-electron chi connectivity index (χ0n) is 16.3. The molecule has 9 nitrogen and oxygen atoms in total. The van der Waals surface area contributed by atoms with Crippen LogP contribution in [-0.4, -0.2) is 43.8 Å². The highest BCUT2D eigenvalue weighted by Crippen LogP contribution is 2.15. The van der Waals surface area contributed by atoms with Crippen molar-refractivity contribution in [2.75, 3.05) is 23.0 Å². The Bertz CT molecular complexity index is 1060. The second kappa shape index (κ2) is 10.9. The zero-order valence-corrected chi connectivity index (χ0v) is 18.0. The second-order valence-electron chi connectivity index (χ2n) is 6.24. The lowest BCUT2D eigenvalue weighted by molar-refractivity contribution is -0.146. The molecule has 0 aliphatic rings. The number of halogens is 1. The van der Waals surface area contributed by atoms with E-state index in [1.165, 1.54) is 55.5 Å². The molecule has 2 amide bonds. The van der Waals surface area contributed by atoms with Crippen LogP contribution in [0.2, 0.25) is 0 Å². The topological polar surface area (TPSA) is 145 Å². The Hall–Kier alpha value is -2.96. The molecule has 0 aromatic heterocycles. The third-order valence-electron chi connectivity index (χ3n) is 3.72. The average Bonchev–Trinajstić information content (AvgIpc) is 2.71. The first-order valence-electron chi connectivity index (χ1n) is 8.81. The molecule has 0 aliphatic heterocycles. The number of benzene rings is 2. The van der Waals surface area contributed by atoms with Crippen LogP contribution in [0.5, 0.6) is 0 Å². The van der Waals surface area contributed by atoms with Crippen LogP contribution < -0.4 is 15.8 Å². The van der Waals surface area contributed by atoms with Crippen LogP contribution in [-0.2, 0) is 29.1 Å². The molecule has 0 spiro atoms. The van der Waals surface area contributed by atoms with E-state index in [4.69, 9.17) is 9.88 Å². The molecule has 0 aliphatic carbocycles. The maximum absolute atomic E-state index is 12.9.